The standard InChI is InChI=1S/C17H13F3N4O/c18-12-1-10(2-13(19)4-12)11-3-16-15(21-5-11)6-22-24(16)9-17(25)23-7-14(20)8-23/h1-6,14H,7-9H2. The molecule has 0 atom stereocenters. The molecule has 1 saturated heterocycles. The lowest BCUT2D eigenvalue weighted by molar-refractivity contribution is -0.139. The number of nitrogens with zero attached hydrogens (tertiary/aromatic N) is 4. The highest BCUT2D eigenvalue weighted by molar-refractivity contribution is 5.83. The maximum Gasteiger partial charge on any atom is 0.244 e. The SMILES string of the molecule is O=C(Cn1ncc2ncc(-c3cc(F)cc(F)c3)cc21)N1CC(F)C1. The molecule has 0 N–H and O–H groups in total. The number of likely N-dealkylation sites (tertiary alicyclic amines) is 1. The van der Waals surface area contributed by atoms with Crippen molar-refractivity contribution in [2.75, 3.05) is 13.1 Å². The summed E-state index contributed by atoms with van der Waals surface area (Å²) in [7, 11) is 0. The second kappa shape index (κ2) is 5.87. The smallest absolute Gasteiger partial charge is 0.244 e. The molecule has 1 fully saturated rings. The van der Waals surface area contributed by atoms with Crippen molar-refractivity contribution in [3.8, 4) is 11.1 Å². The number of benzene rings is 1. The molecule has 0 aliphatic carbocycles. The van der Waals surface area contributed by atoms with Gasteiger partial charge in [-0.2, -0.15) is 5.10 Å². The number of pyridine rings is 1. The van der Waals surface area contributed by atoms with Crippen LogP contribution >= 0.6 is 0 Å². The predicted molar refractivity (Wildman–Crippen MR) is 84.4 cm³/mol. The van der Waals surface area contributed by atoms with Crippen LogP contribution in [0.25, 0.3) is 22.2 Å². The molecule has 2 aromatic heterocycles. The number of alkyl halides is 1. The van der Waals surface area contributed by atoms with Crippen LogP contribution in [0, 0.1) is 11.6 Å². The number of carbonyl (C=O) groups is 1. The van der Waals surface area contributed by atoms with Crippen LogP contribution in [0.5, 0.6) is 0 Å². The van der Waals surface area contributed by atoms with Gasteiger partial charge in [0, 0.05) is 17.8 Å². The fraction of sp³-hybridized carbons (Fsp3) is 0.235. The van der Waals surface area contributed by atoms with Gasteiger partial charge < -0.3 is 4.90 Å². The maximum atomic E-state index is 13.4. The Labute approximate surface area is 140 Å². The number of fused-ring (bicyclic) bond motifs is 1. The number of carbonyl (C=O) groups excluding carboxylic acids is 1. The first kappa shape index (κ1) is 15.6. The van der Waals surface area contributed by atoms with E-state index in [0.717, 1.165) is 6.07 Å². The zero-order valence-corrected chi connectivity index (χ0v) is 13.0. The highest BCUT2D eigenvalue weighted by Gasteiger charge is 2.30. The Morgan fingerprint density at radius 3 is 2.48 bits per heavy atom. The maximum absolute atomic E-state index is 13.4. The van der Waals surface area contributed by atoms with E-state index in [4.69, 9.17) is 0 Å². The van der Waals surface area contributed by atoms with Crippen LogP contribution in [-0.4, -0.2) is 44.8 Å². The van der Waals surface area contributed by atoms with Gasteiger partial charge in [-0.1, -0.05) is 0 Å². The molecule has 8 heteroatoms. The van der Waals surface area contributed by atoms with Gasteiger partial charge in [0.15, 0.2) is 0 Å². The lowest BCUT2D eigenvalue weighted by atomic mass is 10.1. The minimum absolute atomic E-state index is 0.0428. The molecule has 1 aliphatic heterocycles. The molecule has 4 rings (SSSR count). The molecule has 1 amide bonds. The average Bonchev–Trinajstić information content (AvgIpc) is 2.93. The van der Waals surface area contributed by atoms with Gasteiger partial charge in [0.2, 0.25) is 5.91 Å². The van der Waals surface area contributed by atoms with Crippen molar-refractivity contribution >= 4 is 16.9 Å². The predicted octanol–water partition coefficient (Wildman–Crippen LogP) is 2.56. The van der Waals surface area contributed by atoms with E-state index in [-0.39, 0.29) is 25.5 Å². The summed E-state index contributed by atoms with van der Waals surface area (Å²) in [6.07, 6.45) is 2.04. The van der Waals surface area contributed by atoms with Gasteiger partial charge in [0.1, 0.15) is 29.9 Å². The number of halogens is 3. The summed E-state index contributed by atoms with van der Waals surface area (Å²) in [5, 5.41) is 4.13. The molecule has 0 spiro atoms. The van der Waals surface area contributed by atoms with E-state index >= 15 is 0 Å². The fourth-order valence-corrected chi connectivity index (χ4v) is 2.82. The van der Waals surface area contributed by atoms with Crippen molar-refractivity contribution in [3.63, 3.8) is 0 Å². The average molecular weight is 346 g/mol. The van der Waals surface area contributed by atoms with Gasteiger partial charge in [-0.05, 0) is 23.8 Å². The minimum Gasteiger partial charge on any atom is -0.335 e. The number of aromatic nitrogens is 3. The number of rotatable bonds is 3. The Morgan fingerprint density at radius 1 is 1.08 bits per heavy atom. The first-order valence-electron chi connectivity index (χ1n) is 7.69. The highest BCUT2D eigenvalue weighted by atomic mass is 19.1. The fourth-order valence-electron chi connectivity index (χ4n) is 2.82. The summed E-state index contributed by atoms with van der Waals surface area (Å²) in [5.74, 6) is -1.60. The lowest BCUT2D eigenvalue weighted by Gasteiger charge is -2.34. The van der Waals surface area contributed by atoms with Gasteiger partial charge in [-0.25, -0.2) is 13.2 Å². The molecular formula is C17H13F3N4O. The Bertz CT molecular complexity index is 945. The molecule has 0 unspecified atom stereocenters. The molecule has 1 aliphatic rings. The lowest BCUT2D eigenvalue weighted by Crippen LogP contribution is -2.52. The third kappa shape index (κ3) is 2.95. The molecule has 0 radical (unpaired) electrons. The van der Waals surface area contributed by atoms with Crippen LogP contribution in [0.3, 0.4) is 0 Å². The van der Waals surface area contributed by atoms with Crippen molar-refractivity contribution in [2.24, 2.45) is 0 Å². The molecule has 3 aromatic rings. The Balaban J connectivity index is 1.66. The van der Waals surface area contributed by atoms with Gasteiger partial charge in [0.25, 0.3) is 0 Å². The molecular weight excluding hydrogens is 333 g/mol. The van der Waals surface area contributed by atoms with Crippen molar-refractivity contribution in [1.82, 2.24) is 19.7 Å². The Hall–Kier alpha value is -2.90. The minimum atomic E-state index is -0.963. The first-order valence-corrected chi connectivity index (χ1v) is 7.69. The van der Waals surface area contributed by atoms with E-state index in [9.17, 15) is 18.0 Å². The van der Waals surface area contributed by atoms with E-state index in [2.05, 4.69) is 10.1 Å². The van der Waals surface area contributed by atoms with Crippen LogP contribution in [-0.2, 0) is 11.3 Å². The Morgan fingerprint density at radius 2 is 1.80 bits per heavy atom. The van der Waals surface area contributed by atoms with Gasteiger partial charge in [-0.3, -0.25) is 14.5 Å². The van der Waals surface area contributed by atoms with Gasteiger partial charge in [-0.15, -0.1) is 0 Å². The van der Waals surface area contributed by atoms with Crippen LogP contribution in [0.1, 0.15) is 0 Å². The largest absolute Gasteiger partial charge is 0.335 e. The third-order valence-corrected chi connectivity index (χ3v) is 4.17. The molecule has 5 nitrogen and oxygen atoms in total. The molecule has 0 saturated carbocycles. The summed E-state index contributed by atoms with van der Waals surface area (Å²) < 4.78 is 41.2. The van der Waals surface area contributed by atoms with E-state index < -0.39 is 17.8 Å². The molecule has 3 heterocycles. The number of hydrogen-bond acceptors (Lipinski definition) is 3. The second-order valence-corrected chi connectivity index (χ2v) is 5.98. The monoisotopic (exact) mass is 346 g/mol. The van der Waals surface area contributed by atoms with E-state index in [1.165, 1.54) is 34.1 Å². The molecule has 0 bridgehead atoms. The van der Waals surface area contributed by atoms with Crippen LogP contribution in [0.15, 0.2) is 36.7 Å². The van der Waals surface area contributed by atoms with Crippen molar-refractivity contribution in [1.29, 1.82) is 0 Å². The summed E-state index contributed by atoms with van der Waals surface area (Å²) in [5.41, 5.74) is 1.97. The van der Waals surface area contributed by atoms with Crippen molar-refractivity contribution in [3.05, 3.63) is 48.3 Å². The first-order chi connectivity index (χ1) is 12.0. The van der Waals surface area contributed by atoms with Crippen LogP contribution in [0.2, 0.25) is 0 Å². The summed E-state index contributed by atoms with van der Waals surface area (Å²) >= 11 is 0. The zero-order valence-electron chi connectivity index (χ0n) is 13.0. The second-order valence-electron chi connectivity index (χ2n) is 5.98. The van der Waals surface area contributed by atoms with Crippen LogP contribution in [0.4, 0.5) is 13.2 Å². The van der Waals surface area contributed by atoms with E-state index in [1.807, 2.05) is 0 Å². The van der Waals surface area contributed by atoms with E-state index in [0.29, 0.717) is 22.2 Å². The number of amides is 1. The zero-order chi connectivity index (χ0) is 17.6. The van der Waals surface area contributed by atoms with Gasteiger partial charge >= 0.3 is 0 Å². The molecule has 1 aromatic carbocycles. The van der Waals surface area contributed by atoms with Gasteiger partial charge in [0.05, 0.1) is 24.8 Å². The summed E-state index contributed by atoms with van der Waals surface area (Å²) in [6, 6.07) is 4.88. The third-order valence-electron chi connectivity index (χ3n) is 4.17. The van der Waals surface area contributed by atoms with Crippen molar-refractivity contribution < 1.29 is 18.0 Å². The summed E-state index contributed by atoms with van der Waals surface area (Å²) in [4.78, 5) is 17.7. The van der Waals surface area contributed by atoms with Crippen LogP contribution < -0.4 is 0 Å². The quantitative estimate of drug-likeness (QED) is 0.732. The molecule has 25 heavy (non-hydrogen) atoms. The number of hydrogen-bond donors (Lipinski definition) is 0. The normalized spacial score (nSPS) is 14.8. The van der Waals surface area contributed by atoms with Crippen molar-refractivity contribution in [2.45, 2.75) is 12.7 Å². The molecule has 128 valence electrons. The highest BCUT2D eigenvalue weighted by Crippen LogP contribution is 2.24. The Kier molecular flexibility index (Phi) is 3.67. The summed E-state index contributed by atoms with van der Waals surface area (Å²) in [6.45, 7) is 0.160. The topological polar surface area (TPSA) is 51.0 Å². The van der Waals surface area contributed by atoms with E-state index in [1.54, 1.807) is 6.07 Å².